The van der Waals surface area contributed by atoms with Gasteiger partial charge in [0.1, 0.15) is 5.69 Å². The summed E-state index contributed by atoms with van der Waals surface area (Å²) in [5.41, 5.74) is 9.10. The minimum absolute atomic E-state index is 0.300. The van der Waals surface area contributed by atoms with E-state index in [4.69, 9.17) is 10.3 Å². The number of hydrogen-bond donors (Lipinski definition) is 2. The molecule has 2 aromatic heterocycles. The second-order valence-electron chi connectivity index (χ2n) is 3.76. The van der Waals surface area contributed by atoms with Crippen molar-refractivity contribution in [1.29, 1.82) is 0 Å². The summed E-state index contributed by atoms with van der Waals surface area (Å²) in [6.45, 7) is 0. The Morgan fingerprint density at radius 3 is 2.61 bits per heavy atom. The average molecular weight is 305 g/mol. The number of halogens is 1. The molecule has 0 aliphatic carbocycles. The number of nitrogens with zero attached hydrogens (tertiary/aromatic N) is 2. The van der Waals surface area contributed by atoms with Crippen molar-refractivity contribution in [3.05, 3.63) is 41.1 Å². The lowest BCUT2D eigenvalue weighted by Gasteiger charge is -2.01. The molecule has 2 heterocycles. The Kier molecular flexibility index (Phi) is 2.64. The predicted molar refractivity (Wildman–Crippen MR) is 71.6 cm³/mol. The lowest BCUT2D eigenvalue weighted by molar-refractivity contribution is 0.439. The van der Waals surface area contributed by atoms with Crippen LogP contribution in [0.1, 0.15) is 0 Å². The fourth-order valence-corrected chi connectivity index (χ4v) is 2.04. The smallest absolute Gasteiger partial charge is 0.230 e. The molecule has 0 saturated heterocycles. The van der Waals surface area contributed by atoms with Crippen molar-refractivity contribution in [1.82, 2.24) is 15.4 Å². The monoisotopic (exact) mass is 304 g/mol. The quantitative estimate of drug-likeness (QED) is 0.762. The van der Waals surface area contributed by atoms with Gasteiger partial charge in [-0.3, -0.25) is 5.10 Å². The largest absolute Gasteiger partial charge is 0.367 e. The zero-order chi connectivity index (χ0) is 12.5. The molecule has 0 amide bonds. The van der Waals surface area contributed by atoms with E-state index in [9.17, 15) is 0 Å². The van der Waals surface area contributed by atoms with Gasteiger partial charge in [-0.15, -0.1) is 0 Å². The lowest BCUT2D eigenvalue weighted by Crippen LogP contribution is -1.87. The van der Waals surface area contributed by atoms with Crippen LogP contribution in [0.25, 0.3) is 22.4 Å². The van der Waals surface area contributed by atoms with Crippen LogP contribution in [0.5, 0.6) is 0 Å². The van der Waals surface area contributed by atoms with Gasteiger partial charge in [0, 0.05) is 16.2 Å². The van der Waals surface area contributed by atoms with Crippen LogP contribution >= 0.6 is 15.9 Å². The number of nitrogens with two attached hydrogens (primary N) is 1. The highest BCUT2D eigenvalue weighted by molar-refractivity contribution is 9.10. The van der Waals surface area contributed by atoms with Crippen LogP contribution < -0.4 is 5.73 Å². The standard InChI is InChI=1S/C12H9BrN4O/c13-9-3-1-7(2-4-9)10-11(17-18-12(10)14)8-5-15-16-6-8/h1-6H,14H2,(H,15,16). The molecule has 0 aliphatic heterocycles. The van der Waals surface area contributed by atoms with Crippen LogP contribution in [-0.4, -0.2) is 15.4 Å². The molecule has 3 aromatic rings. The number of rotatable bonds is 2. The van der Waals surface area contributed by atoms with Crippen molar-refractivity contribution in [2.75, 3.05) is 5.73 Å². The molecule has 0 spiro atoms. The van der Waals surface area contributed by atoms with Gasteiger partial charge in [0.25, 0.3) is 0 Å². The second-order valence-corrected chi connectivity index (χ2v) is 4.68. The Hall–Kier alpha value is -2.08. The summed E-state index contributed by atoms with van der Waals surface area (Å²) < 4.78 is 6.08. The van der Waals surface area contributed by atoms with Crippen LogP contribution in [0, 0.1) is 0 Å². The normalized spacial score (nSPS) is 10.7. The van der Waals surface area contributed by atoms with Crippen LogP contribution in [0.15, 0.2) is 45.7 Å². The van der Waals surface area contributed by atoms with Gasteiger partial charge in [0.05, 0.1) is 11.8 Å². The molecule has 0 saturated carbocycles. The van der Waals surface area contributed by atoms with Gasteiger partial charge in [0.15, 0.2) is 0 Å². The summed E-state index contributed by atoms with van der Waals surface area (Å²) in [4.78, 5) is 0. The summed E-state index contributed by atoms with van der Waals surface area (Å²) in [6.07, 6.45) is 3.43. The van der Waals surface area contributed by atoms with Crippen LogP contribution in [0.3, 0.4) is 0 Å². The van der Waals surface area contributed by atoms with Gasteiger partial charge in [-0.1, -0.05) is 33.2 Å². The first-order valence-corrected chi connectivity index (χ1v) is 6.05. The molecule has 3 N–H and O–H groups in total. The van der Waals surface area contributed by atoms with E-state index in [2.05, 4.69) is 31.3 Å². The van der Waals surface area contributed by atoms with Crippen LogP contribution in [-0.2, 0) is 0 Å². The van der Waals surface area contributed by atoms with E-state index in [0.717, 1.165) is 21.2 Å². The van der Waals surface area contributed by atoms with E-state index in [1.54, 1.807) is 12.4 Å². The number of aromatic amines is 1. The minimum Gasteiger partial charge on any atom is -0.367 e. The number of benzene rings is 1. The highest BCUT2D eigenvalue weighted by Crippen LogP contribution is 2.36. The minimum atomic E-state index is 0.300. The van der Waals surface area contributed by atoms with Gasteiger partial charge in [-0.05, 0) is 17.7 Å². The van der Waals surface area contributed by atoms with E-state index in [0.29, 0.717) is 11.6 Å². The number of nitrogen functional groups attached to an aromatic ring is 1. The number of aromatic nitrogens is 3. The third-order valence-electron chi connectivity index (χ3n) is 2.62. The fourth-order valence-electron chi connectivity index (χ4n) is 1.78. The van der Waals surface area contributed by atoms with Gasteiger partial charge < -0.3 is 10.3 Å². The third kappa shape index (κ3) is 1.80. The molecule has 0 unspecified atom stereocenters. The number of anilines is 1. The zero-order valence-electron chi connectivity index (χ0n) is 9.22. The average Bonchev–Trinajstić information content (AvgIpc) is 2.99. The number of nitrogens with one attached hydrogen (secondary N) is 1. The predicted octanol–water partition coefficient (Wildman–Crippen LogP) is 3.08. The maximum atomic E-state index is 5.85. The summed E-state index contributed by atoms with van der Waals surface area (Å²) in [6, 6.07) is 7.80. The Bertz CT molecular complexity index is 658. The second kappa shape index (κ2) is 4.30. The van der Waals surface area contributed by atoms with Crippen molar-refractivity contribution in [2.24, 2.45) is 0 Å². The fraction of sp³-hybridized carbons (Fsp3) is 0. The summed E-state index contributed by atoms with van der Waals surface area (Å²) in [5.74, 6) is 0.300. The number of H-pyrrole nitrogens is 1. The van der Waals surface area contributed by atoms with Crippen molar-refractivity contribution in [2.45, 2.75) is 0 Å². The highest BCUT2D eigenvalue weighted by Gasteiger charge is 2.17. The van der Waals surface area contributed by atoms with Crippen LogP contribution in [0.2, 0.25) is 0 Å². The highest BCUT2D eigenvalue weighted by atomic mass is 79.9. The van der Waals surface area contributed by atoms with E-state index in [-0.39, 0.29) is 0 Å². The Morgan fingerprint density at radius 2 is 1.94 bits per heavy atom. The van der Waals surface area contributed by atoms with Crippen molar-refractivity contribution >= 4 is 21.8 Å². The Morgan fingerprint density at radius 1 is 1.17 bits per heavy atom. The summed E-state index contributed by atoms with van der Waals surface area (Å²) >= 11 is 3.40. The van der Waals surface area contributed by atoms with Gasteiger partial charge in [-0.25, -0.2) is 0 Å². The first kappa shape index (κ1) is 11.0. The third-order valence-corrected chi connectivity index (χ3v) is 3.15. The van der Waals surface area contributed by atoms with E-state index in [1.807, 2.05) is 24.3 Å². The zero-order valence-corrected chi connectivity index (χ0v) is 10.8. The van der Waals surface area contributed by atoms with Crippen molar-refractivity contribution in [3.8, 4) is 22.4 Å². The molecule has 3 rings (SSSR count). The Labute approximate surface area is 111 Å². The molecule has 90 valence electrons. The maximum Gasteiger partial charge on any atom is 0.230 e. The summed E-state index contributed by atoms with van der Waals surface area (Å²) in [7, 11) is 0. The van der Waals surface area contributed by atoms with E-state index < -0.39 is 0 Å². The van der Waals surface area contributed by atoms with Crippen molar-refractivity contribution in [3.63, 3.8) is 0 Å². The number of hydrogen-bond acceptors (Lipinski definition) is 4. The maximum absolute atomic E-state index is 5.85. The molecule has 18 heavy (non-hydrogen) atoms. The first-order valence-electron chi connectivity index (χ1n) is 5.26. The molecular formula is C12H9BrN4O. The first-order chi connectivity index (χ1) is 8.75. The topological polar surface area (TPSA) is 80.7 Å². The van der Waals surface area contributed by atoms with Gasteiger partial charge in [0.2, 0.25) is 5.88 Å². The van der Waals surface area contributed by atoms with Gasteiger partial charge in [-0.2, -0.15) is 5.10 Å². The molecule has 0 fully saturated rings. The molecule has 0 atom stereocenters. The van der Waals surface area contributed by atoms with Crippen molar-refractivity contribution < 1.29 is 4.52 Å². The summed E-state index contributed by atoms with van der Waals surface area (Å²) in [5, 5.41) is 10.6. The molecule has 0 aliphatic rings. The lowest BCUT2D eigenvalue weighted by atomic mass is 10.0. The SMILES string of the molecule is Nc1onc(-c2cn[nH]c2)c1-c1ccc(Br)cc1. The molecule has 6 heteroatoms. The van der Waals surface area contributed by atoms with E-state index in [1.165, 1.54) is 0 Å². The molecule has 1 aromatic carbocycles. The molecular weight excluding hydrogens is 296 g/mol. The van der Waals surface area contributed by atoms with E-state index >= 15 is 0 Å². The van der Waals surface area contributed by atoms with Gasteiger partial charge >= 0.3 is 0 Å². The molecule has 5 nitrogen and oxygen atoms in total. The Balaban J connectivity index is 2.17. The molecule has 0 bridgehead atoms. The van der Waals surface area contributed by atoms with Crippen LogP contribution in [0.4, 0.5) is 5.88 Å². The molecule has 0 radical (unpaired) electrons.